The van der Waals surface area contributed by atoms with Gasteiger partial charge in [0.05, 0.1) is 6.42 Å². The first kappa shape index (κ1) is 14.2. The van der Waals surface area contributed by atoms with Crippen LogP contribution >= 0.6 is 0 Å². The minimum absolute atomic E-state index is 0.0275. The maximum absolute atomic E-state index is 12.0. The van der Waals surface area contributed by atoms with Crippen molar-refractivity contribution in [3.63, 3.8) is 0 Å². The molecule has 0 saturated heterocycles. The zero-order valence-electron chi connectivity index (χ0n) is 10.7. The van der Waals surface area contributed by atoms with Crippen molar-refractivity contribution >= 4 is 11.8 Å². The maximum Gasteiger partial charge on any atom is 0.305 e. The SMILES string of the molecule is CCCn1ccnc(NC(CC)CC(=O)O)c1=O. The van der Waals surface area contributed by atoms with E-state index in [-0.39, 0.29) is 23.8 Å². The molecule has 0 radical (unpaired) electrons. The highest BCUT2D eigenvalue weighted by molar-refractivity contribution is 5.68. The van der Waals surface area contributed by atoms with Crippen LogP contribution in [0.3, 0.4) is 0 Å². The fourth-order valence-corrected chi connectivity index (χ4v) is 1.66. The van der Waals surface area contributed by atoms with E-state index in [0.29, 0.717) is 13.0 Å². The number of carbonyl (C=O) groups is 1. The van der Waals surface area contributed by atoms with Crippen LogP contribution in [0.5, 0.6) is 0 Å². The quantitative estimate of drug-likeness (QED) is 0.765. The predicted octanol–water partition coefficient (Wildman–Crippen LogP) is 1.32. The number of hydrogen-bond acceptors (Lipinski definition) is 4. The van der Waals surface area contributed by atoms with Crippen LogP contribution in [0, 0.1) is 0 Å². The molecule has 1 heterocycles. The summed E-state index contributed by atoms with van der Waals surface area (Å²) in [5.41, 5.74) is -0.205. The highest BCUT2D eigenvalue weighted by Crippen LogP contribution is 2.05. The lowest BCUT2D eigenvalue weighted by atomic mass is 10.1. The van der Waals surface area contributed by atoms with Crippen LogP contribution in [-0.4, -0.2) is 26.7 Å². The second kappa shape index (κ2) is 6.78. The molecule has 1 aromatic heterocycles. The van der Waals surface area contributed by atoms with Gasteiger partial charge in [0.1, 0.15) is 0 Å². The fraction of sp³-hybridized carbons (Fsp3) is 0.583. The summed E-state index contributed by atoms with van der Waals surface area (Å²) >= 11 is 0. The van der Waals surface area contributed by atoms with Crippen molar-refractivity contribution in [1.29, 1.82) is 0 Å². The van der Waals surface area contributed by atoms with Crippen LogP contribution in [0.25, 0.3) is 0 Å². The number of aromatic nitrogens is 2. The molecule has 0 aliphatic heterocycles. The molecular weight excluding hydrogens is 234 g/mol. The molecule has 6 heteroatoms. The summed E-state index contributed by atoms with van der Waals surface area (Å²) in [6.45, 7) is 4.49. The van der Waals surface area contributed by atoms with Crippen molar-refractivity contribution < 1.29 is 9.90 Å². The van der Waals surface area contributed by atoms with Crippen LogP contribution in [0.1, 0.15) is 33.1 Å². The minimum atomic E-state index is -0.890. The van der Waals surface area contributed by atoms with E-state index < -0.39 is 5.97 Å². The Hall–Kier alpha value is -1.85. The third kappa shape index (κ3) is 3.87. The molecule has 0 amide bonds. The molecule has 0 aliphatic carbocycles. The van der Waals surface area contributed by atoms with Crippen LogP contribution in [0.15, 0.2) is 17.2 Å². The monoisotopic (exact) mass is 253 g/mol. The summed E-state index contributed by atoms with van der Waals surface area (Å²) in [5, 5.41) is 11.7. The van der Waals surface area contributed by atoms with Gasteiger partial charge in [0.25, 0.3) is 5.56 Å². The number of nitrogens with zero attached hydrogens (tertiary/aromatic N) is 2. The van der Waals surface area contributed by atoms with E-state index in [2.05, 4.69) is 10.3 Å². The van der Waals surface area contributed by atoms with Gasteiger partial charge in [0, 0.05) is 25.0 Å². The van der Waals surface area contributed by atoms with Crippen molar-refractivity contribution in [2.75, 3.05) is 5.32 Å². The Bertz CT molecular complexity index is 456. The summed E-state index contributed by atoms with van der Waals surface area (Å²) in [5.74, 6) is -0.668. The van der Waals surface area contributed by atoms with Crippen molar-refractivity contribution in [2.24, 2.45) is 0 Å². The van der Waals surface area contributed by atoms with Gasteiger partial charge in [0.2, 0.25) is 0 Å². The van der Waals surface area contributed by atoms with Crippen LogP contribution < -0.4 is 10.9 Å². The minimum Gasteiger partial charge on any atom is -0.481 e. The average molecular weight is 253 g/mol. The van der Waals surface area contributed by atoms with E-state index >= 15 is 0 Å². The molecule has 1 rings (SSSR count). The molecule has 0 aromatic carbocycles. The topological polar surface area (TPSA) is 84.2 Å². The number of rotatable bonds is 7. The van der Waals surface area contributed by atoms with E-state index in [0.717, 1.165) is 6.42 Å². The van der Waals surface area contributed by atoms with Gasteiger partial charge in [-0.3, -0.25) is 9.59 Å². The molecule has 0 aliphatic rings. The largest absolute Gasteiger partial charge is 0.481 e. The zero-order valence-corrected chi connectivity index (χ0v) is 10.7. The van der Waals surface area contributed by atoms with E-state index in [4.69, 9.17) is 5.11 Å². The zero-order chi connectivity index (χ0) is 13.5. The van der Waals surface area contributed by atoms with Crippen LogP contribution in [-0.2, 0) is 11.3 Å². The highest BCUT2D eigenvalue weighted by Gasteiger charge is 2.13. The van der Waals surface area contributed by atoms with Gasteiger partial charge in [-0.1, -0.05) is 13.8 Å². The molecule has 1 atom stereocenters. The second-order valence-corrected chi connectivity index (χ2v) is 4.12. The van der Waals surface area contributed by atoms with Gasteiger partial charge in [0.15, 0.2) is 5.82 Å². The molecule has 18 heavy (non-hydrogen) atoms. The van der Waals surface area contributed by atoms with Gasteiger partial charge in [-0.25, -0.2) is 4.98 Å². The molecule has 0 fully saturated rings. The summed E-state index contributed by atoms with van der Waals surface area (Å²) in [7, 11) is 0. The molecule has 2 N–H and O–H groups in total. The van der Waals surface area contributed by atoms with Crippen LogP contribution in [0.4, 0.5) is 5.82 Å². The number of hydrogen-bond donors (Lipinski definition) is 2. The molecule has 0 saturated carbocycles. The van der Waals surface area contributed by atoms with Crippen molar-refractivity contribution in [3.05, 3.63) is 22.7 Å². The fourth-order valence-electron chi connectivity index (χ4n) is 1.66. The van der Waals surface area contributed by atoms with Gasteiger partial charge in [-0.2, -0.15) is 0 Å². The van der Waals surface area contributed by atoms with Gasteiger partial charge < -0.3 is 15.0 Å². The smallest absolute Gasteiger partial charge is 0.305 e. The normalized spacial score (nSPS) is 12.1. The second-order valence-electron chi connectivity index (χ2n) is 4.12. The van der Waals surface area contributed by atoms with Crippen LogP contribution in [0.2, 0.25) is 0 Å². The third-order valence-electron chi connectivity index (χ3n) is 2.63. The van der Waals surface area contributed by atoms with E-state index in [9.17, 15) is 9.59 Å². The Labute approximate surface area is 106 Å². The molecule has 1 aromatic rings. The Kier molecular flexibility index (Phi) is 5.35. The number of carboxylic acid groups (broad SMARTS) is 1. The first-order chi connectivity index (χ1) is 8.58. The Morgan fingerprint density at radius 2 is 2.28 bits per heavy atom. The van der Waals surface area contributed by atoms with E-state index in [1.54, 1.807) is 17.0 Å². The van der Waals surface area contributed by atoms with Gasteiger partial charge in [-0.15, -0.1) is 0 Å². The lowest BCUT2D eigenvalue weighted by molar-refractivity contribution is -0.137. The Balaban J connectivity index is 2.86. The first-order valence-electron chi connectivity index (χ1n) is 6.12. The van der Waals surface area contributed by atoms with E-state index in [1.165, 1.54) is 0 Å². The average Bonchev–Trinajstić information content (AvgIpc) is 2.33. The van der Waals surface area contributed by atoms with Gasteiger partial charge >= 0.3 is 5.97 Å². The summed E-state index contributed by atoms with van der Waals surface area (Å²) in [6.07, 6.45) is 4.63. The number of aryl methyl sites for hydroxylation is 1. The van der Waals surface area contributed by atoms with Gasteiger partial charge in [-0.05, 0) is 12.8 Å². The third-order valence-corrected chi connectivity index (χ3v) is 2.63. The summed E-state index contributed by atoms with van der Waals surface area (Å²) in [4.78, 5) is 26.6. The highest BCUT2D eigenvalue weighted by atomic mass is 16.4. The lowest BCUT2D eigenvalue weighted by Crippen LogP contribution is -2.30. The van der Waals surface area contributed by atoms with Crippen molar-refractivity contribution in [3.8, 4) is 0 Å². The predicted molar refractivity (Wildman–Crippen MR) is 68.7 cm³/mol. The standard InChI is InChI=1S/C12H19N3O3/c1-3-6-15-7-5-13-11(12(15)18)14-9(4-2)8-10(16)17/h5,7,9H,3-4,6,8H2,1-2H3,(H,13,14)(H,16,17). The Morgan fingerprint density at radius 1 is 1.56 bits per heavy atom. The number of anilines is 1. The van der Waals surface area contributed by atoms with Crippen molar-refractivity contribution in [1.82, 2.24) is 9.55 Å². The molecule has 0 spiro atoms. The molecular formula is C12H19N3O3. The lowest BCUT2D eigenvalue weighted by Gasteiger charge is -2.15. The molecule has 100 valence electrons. The van der Waals surface area contributed by atoms with E-state index in [1.807, 2.05) is 13.8 Å². The van der Waals surface area contributed by atoms with Crippen molar-refractivity contribution in [2.45, 2.75) is 45.7 Å². The Morgan fingerprint density at radius 3 is 2.83 bits per heavy atom. The number of nitrogens with one attached hydrogen (secondary N) is 1. The number of carboxylic acids is 1. The molecule has 6 nitrogen and oxygen atoms in total. The summed E-state index contributed by atoms with van der Waals surface area (Å²) in [6, 6.07) is -0.278. The first-order valence-corrected chi connectivity index (χ1v) is 6.12. The maximum atomic E-state index is 12.0. The summed E-state index contributed by atoms with van der Waals surface area (Å²) < 4.78 is 1.57. The molecule has 1 unspecified atom stereocenters. The number of aliphatic carboxylic acids is 1. The molecule has 0 bridgehead atoms.